The molecule has 0 aliphatic heterocycles. The number of hydrogen-bond acceptors (Lipinski definition) is 5. The summed E-state index contributed by atoms with van der Waals surface area (Å²) in [6.07, 6.45) is 0.342. The van der Waals surface area contributed by atoms with Crippen molar-refractivity contribution in [3.63, 3.8) is 0 Å². The lowest BCUT2D eigenvalue weighted by Gasteiger charge is -2.05. The molecule has 6 nitrogen and oxygen atoms in total. The molecule has 0 saturated carbocycles. The predicted octanol–water partition coefficient (Wildman–Crippen LogP) is 4.74. The maximum Gasteiger partial charge on any atom is 0.410 e. The molecule has 3 aromatic rings. The summed E-state index contributed by atoms with van der Waals surface area (Å²) in [6.45, 7) is 0. The molecule has 116 valence electrons. The lowest BCUT2D eigenvalue weighted by molar-refractivity contribution is 0.209. The van der Waals surface area contributed by atoms with Gasteiger partial charge in [0.1, 0.15) is 16.6 Å². The van der Waals surface area contributed by atoms with E-state index < -0.39 is 6.09 Å². The summed E-state index contributed by atoms with van der Waals surface area (Å²) in [7, 11) is 0. The van der Waals surface area contributed by atoms with Crippen LogP contribution < -0.4 is 10.1 Å². The smallest absolute Gasteiger partial charge is 0.410 e. The number of benzene rings is 1. The molecule has 0 atom stereocenters. The average molecular weight is 348 g/mol. The SMILES string of the molecule is O=C(O)Nc1nc(-c2ccccc2)c(Oc2ccnc(Cl)c2)s1. The Morgan fingerprint density at radius 1 is 1.26 bits per heavy atom. The molecular weight excluding hydrogens is 338 g/mol. The van der Waals surface area contributed by atoms with Crippen LogP contribution in [-0.4, -0.2) is 21.2 Å². The van der Waals surface area contributed by atoms with Crippen molar-refractivity contribution in [2.45, 2.75) is 0 Å². The number of nitrogens with one attached hydrogen (secondary N) is 1. The van der Waals surface area contributed by atoms with Gasteiger partial charge in [-0.05, 0) is 6.07 Å². The second kappa shape index (κ2) is 6.64. The third kappa shape index (κ3) is 3.77. The molecule has 2 aromatic heterocycles. The topological polar surface area (TPSA) is 84.3 Å². The quantitative estimate of drug-likeness (QED) is 0.666. The minimum Gasteiger partial charge on any atom is -0.465 e. The molecule has 0 spiro atoms. The lowest BCUT2D eigenvalue weighted by Crippen LogP contribution is -2.06. The van der Waals surface area contributed by atoms with E-state index >= 15 is 0 Å². The van der Waals surface area contributed by atoms with Gasteiger partial charge in [-0.2, -0.15) is 0 Å². The Morgan fingerprint density at radius 2 is 2.04 bits per heavy atom. The van der Waals surface area contributed by atoms with E-state index in [1.165, 1.54) is 6.20 Å². The van der Waals surface area contributed by atoms with Crippen LogP contribution in [0.25, 0.3) is 11.3 Å². The number of amides is 1. The molecular formula is C15H10ClN3O3S. The highest BCUT2D eigenvalue weighted by Gasteiger charge is 2.16. The lowest BCUT2D eigenvalue weighted by atomic mass is 10.2. The second-order valence-corrected chi connectivity index (χ2v) is 5.72. The number of ether oxygens (including phenoxy) is 1. The number of anilines is 1. The number of aromatic nitrogens is 2. The van der Waals surface area contributed by atoms with E-state index in [0.29, 0.717) is 21.7 Å². The van der Waals surface area contributed by atoms with Gasteiger partial charge in [-0.25, -0.2) is 14.8 Å². The van der Waals surface area contributed by atoms with Gasteiger partial charge in [-0.1, -0.05) is 53.3 Å². The van der Waals surface area contributed by atoms with Crippen molar-refractivity contribution in [2.75, 3.05) is 5.32 Å². The number of hydrogen-bond donors (Lipinski definition) is 2. The maximum atomic E-state index is 10.8. The number of rotatable bonds is 4. The van der Waals surface area contributed by atoms with Gasteiger partial charge in [-0.3, -0.25) is 5.32 Å². The van der Waals surface area contributed by atoms with E-state index in [9.17, 15) is 4.79 Å². The molecule has 2 heterocycles. The molecule has 0 unspecified atom stereocenters. The van der Waals surface area contributed by atoms with Crippen LogP contribution in [-0.2, 0) is 0 Å². The zero-order valence-electron chi connectivity index (χ0n) is 11.6. The number of thiazole rings is 1. The first-order chi connectivity index (χ1) is 11.1. The number of carbonyl (C=O) groups is 1. The Bertz CT molecular complexity index is 839. The van der Waals surface area contributed by atoms with Gasteiger partial charge in [0.25, 0.3) is 0 Å². The zero-order valence-corrected chi connectivity index (χ0v) is 13.1. The van der Waals surface area contributed by atoms with Crippen molar-refractivity contribution >= 4 is 34.2 Å². The fourth-order valence-corrected chi connectivity index (χ4v) is 2.87. The van der Waals surface area contributed by atoms with Crippen molar-refractivity contribution in [1.29, 1.82) is 0 Å². The third-order valence-corrected chi connectivity index (χ3v) is 3.82. The average Bonchev–Trinajstić information content (AvgIpc) is 2.90. The molecule has 2 N–H and O–H groups in total. The van der Waals surface area contributed by atoms with E-state index in [1.807, 2.05) is 30.3 Å². The minimum atomic E-state index is -1.18. The summed E-state index contributed by atoms with van der Waals surface area (Å²) in [5.74, 6) is 0.493. The largest absolute Gasteiger partial charge is 0.465 e. The highest BCUT2D eigenvalue weighted by molar-refractivity contribution is 7.18. The monoisotopic (exact) mass is 347 g/mol. The molecule has 0 saturated heterocycles. The van der Waals surface area contributed by atoms with Gasteiger partial charge >= 0.3 is 6.09 Å². The van der Waals surface area contributed by atoms with Gasteiger partial charge in [0.15, 0.2) is 5.13 Å². The molecule has 0 aliphatic rings. The third-order valence-electron chi connectivity index (χ3n) is 2.77. The predicted molar refractivity (Wildman–Crippen MR) is 88.5 cm³/mol. The van der Waals surface area contributed by atoms with Gasteiger partial charge in [-0.15, -0.1) is 0 Å². The molecule has 1 amide bonds. The van der Waals surface area contributed by atoms with Crippen molar-refractivity contribution < 1.29 is 14.6 Å². The first kappa shape index (κ1) is 15.3. The van der Waals surface area contributed by atoms with E-state index in [0.717, 1.165) is 16.9 Å². The highest BCUT2D eigenvalue weighted by Crippen LogP contribution is 2.40. The number of carboxylic acid groups (broad SMARTS) is 1. The minimum absolute atomic E-state index is 0.228. The molecule has 1 aromatic carbocycles. The molecule has 8 heteroatoms. The molecule has 0 fully saturated rings. The second-order valence-electron chi connectivity index (χ2n) is 4.37. The summed E-state index contributed by atoms with van der Waals surface area (Å²) in [5.41, 5.74) is 1.37. The summed E-state index contributed by atoms with van der Waals surface area (Å²) in [6, 6.07) is 12.6. The Kier molecular flexibility index (Phi) is 4.40. The standard InChI is InChI=1S/C15H10ClN3O3S/c16-11-8-10(6-7-17-11)22-13-12(9-4-2-1-3-5-9)18-14(23-13)19-15(20)21/h1-8H,(H,18,19)(H,20,21). The van der Waals surface area contributed by atoms with E-state index in [-0.39, 0.29) is 5.13 Å². The van der Waals surface area contributed by atoms with E-state index in [1.54, 1.807) is 12.1 Å². The summed E-state index contributed by atoms with van der Waals surface area (Å²) >= 11 is 6.94. The van der Waals surface area contributed by atoms with E-state index in [2.05, 4.69) is 15.3 Å². The van der Waals surface area contributed by atoms with Crippen LogP contribution in [0.5, 0.6) is 10.8 Å². The van der Waals surface area contributed by atoms with Crippen LogP contribution in [0.15, 0.2) is 48.7 Å². The van der Waals surface area contributed by atoms with Crippen LogP contribution in [0.1, 0.15) is 0 Å². The molecule has 0 aliphatic carbocycles. The molecule has 3 rings (SSSR count). The van der Waals surface area contributed by atoms with Crippen LogP contribution in [0.3, 0.4) is 0 Å². The van der Waals surface area contributed by atoms with Crippen LogP contribution in [0.4, 0.5) is 9.93 Å². The highest BCUT2D eigenvalue weighted by atomic mass is 35.5. The van der Waals surface area contributed by atoms with Crippen molar-refractivity contribution in [1.82, 2.24) is 9.97 Å². The van der Waals surface area contributed by atoms with Gasteiger partial charge in [0, 0.05) is 17.8 Å². The van der Waals surface area contributed by atoms with Crippen molar-refractivity contribution in [3.8, 4) is 22.1 Å². The van der Waals surface area contributed by atoms with Gasteiger partial charge in [0.05, 0.1) is 0 Å². The zero-order chi connectivity index (χ0) is 16.2. The summed E-state index contributed by atoms with van der Waals surface area (Å²) < 4.78 is 5.81. The number of halogens is 1. The Morgan fingerprint density at radius 3 is 2.74 bits per heavy atom. The van der Waals surface area contributed by atoms with Gasteiger partial charge < -0.3 is 9.84 Å². The molecule has 0 radical (unpaired) electrons. The fourth-order valence-electron chi connectivity index (χ4n) is 1.85. The Labute approximate surface area is 140 Å². The first-order valence-electron chi connectivity index (χ1n) is 6.47. The summed E-state index contributed by atoms with van der Waals surface area (Å²) in [4.78, 5) is 19.0. The number of nitrogens with zero attached hydrogens (tertiary/aromatic N) is 2. The van der Waals surface area contributed by atoms with Crippen LogP contribution >= 0.6 is 22.9 Å². The van der Waals surface area contributed by atoms with Crippen molar-refractivity contribution in [3.05, 3.63) is 53.8 Å². The molecule has 23 heavy (non-hydrogen) atoms. The van der Waals surface area contributed by atoms with Crippen molar-refractivity contribution in [2.24, 2.45) is 0 Å². The fraction of sp³-hybridized carbons (Fsp3) is 0. The Hall–Kier alpha value is -2.64. The van der Waals surface area contributed by atoms with Gasteiger partial charge in [0.2, 0.25) is 5.06 Å². The van der Waals surface area contributed by atoms with E-state index in [4.69, 9.17) is 21.4 Å². The van der Waals surface area contributed by atoms with Crippen LogP contribution in [0, 0.1) is 0 Å². The summed E-state index contributed by atoms with van der Waals surface area (Å²) in [5, 5.41) is 12.1. The Balaban J connectivity index is 2.00. The maximum absolute atomic E-state index is 10.8. The molecule has 0 bridgehead atoms. The first-order valence-corrected chi connectivity index (χ1v) is 7.67. The normalized spacial score (nSPS) is 10.3. The number of pyridine rings is 1. The van der Waals surface area contributed by atoms with Crippen LogP contribution in [0.2, 0.25) is 5.15 Å².